The van der Waals surface area contributed by atoms with E-state index in [1.165, 1.54) is 6.07 Å². The topological polar surface area (TPSA) is 38.8 Å². The van der Waals surface area contributed by atoms with Gasteiger partial charge in [-0.3, -0.25) is 0 Å². The minimum Gasteiger partial charge on any atom is -0.491 e. The Morgan fingerprint density at radius 3 is 2.64 bits per heavy atom. The Labute approximate surface area is 166 Å². The van der Waals surface area contributed by atoms with Gasteiger partial charge >= 0.3 is 0 Å². The fraction of sp³-hybridized carbons (Fsp3) is 0.435. The number of Topliss-reactive ketones (excluding diaryl/α,β-unsaturated/α-hetero) is 1. The Kier molecular flexibility index (Phi) is 6.55. The molecule has 1 unspecified atom stereocenters. The number of rotatable bonds is 8. The minimum absolute atomic E-state index is 0.0649. The highest BCUT2D eigenvalue weighted by molar-refractivity contribution is 5.76. The van der Waals surface area contributed by atoms with Crippen molar-refractivity contribution in [2.45, 2.75) is 45.6 Å². The van der Waals surface area contributed by atoms with Crippen LogP contribution in [0.2, 0.25) is 0 Å². The molecule has 2 aromatic carbocycles. The molecule has 0 radical (unpaired) electrons. The van der Waals surface area contributed by atoms with Gasteiger partial charge in [0.1, 0.15) is 17.6 Å². The molecule has 0 spiro atoms. The summed E-state index contributed by atoms with van der Waals surface area (Å²) in [5, 5.41) is 0. The number of hydrogen-bond acceptors (Lipinski definition) is 4. The summed E-state index contributed by atoms with van der Waals surface area (Å²) in [5.41, 5.74) is 1.99. The molecule has 150 valence electrons. The Hall–Kier alpha value is -2.56. The molecule has 28 heavy (non-hydrogen) atoms. The van der Waals surface area contributed by atoms with Crippen molar-refractivity contribution in [3.63, 3.8) is 0 Å². The van der Waals surface area contributed by atoms with Crippen LogP contribution >= 0.6 is 0 Å². The molecule has 2 atom stereocenters. The van der Waals surface area contributed by atoms with E-state index in [1.807, 2.05) is 37.3 Å². The average Bonchev–Trinajstić information content (AvgIpc) is 3.12. The molecule has 3 rings (SSSR count). The first kappa shape index (κ1) is 20.2. The summed E-state index contributed by atoms with van der Waals surface area (Å²) < 4.78 is 25.5. The molecule has 0 N–H and O–H groups in total. The fourth-order valence-corrected chi connectivity index (χ4v) is 3.63. The largest absolute Gasteiger partial charge is 0.491 e. The van der Waals surface area contributed by atoms with E-state index in [9.17, 15) is 9.18 Å². The van der Waals surface area contributed by atoms with E-state index in [2.05, 4.69) is 11.8 Å². The predicted octanol–water partition coefficient (Wildman–Crippen LogP) is 4.96. The fourth-order valence-electron chi connectivity index (χ4n) is 3.63. The molecule has 1 aliphatic rings. The first-order valence-corrected chi connectivity index (χ1v) is 9.89. The van der Waals surface area contributed by atoms with Crippen LogP contribution in [0.4, 0.5) is 10.1 Å². The lowest BCUT2D eigenvalue weighted by Gasteiger charge is -2.20. The maximum atomic E-state index is 14.1. The summed E-state index contributed by atoms with van der Waals surface area (Å²) >= 11 is 0. The second-order valence-corrected chi connectivity index (χ2v) is 7.40. The van der Waals surface area contributed by atoms with Gasteiger partial charge in [0.25, 0.3) is 0 Å². The van der Waals surface area contributed by atoms with E-state index in [-0.39, 0.29) is 29.4 Å². The maximum absolute atomic E-state index is 14.1. The van der Waals surface area contributed by atoms with Crippen LogP contribution < -0.4 is 14.4 Å². The molecule has 0 aliphatic carbocycles. The summed E-state index contributed by atoms with van der Waals surface area (Å²) in [6, 6.07) is 13.1. The Morgan fingerprint density at radius 2 is 2.00 bits per heavy atom. The van der Waals surface area contributed by atoms with Gasteiger partial charge < -0.3 is 19.2 Å². The lowest BCUT2D eigenvalue weighted by atomic mass is 9.96. The number of carbonyl (C=O) groups excluding carboxylic acids is 1. The molecule has 0 aromatic heterocycles. The van der Waals surface area contributed by atoms with E-state index in [4.69, 9.17) is 9.47 Å². The van der Waals surface area contributed by atoms with Crippen molar-refractivity contribution in [2.24, 2.45) is 0 Å². The number of halogens is 1. The molecule has 5 heteroatoms. The molecule has 0 saturated carbocycles. The normalized spacial score (nSPS) is 17.4. The quantitative estimate of drug-likeness (QED) is 0.643. The highest BCUT2D eigenvalue weighted by atomic mass is 19.1. The summed E-state index contributed by atoms with van der Waals surface area (Å²) in [7, 11) is 0. The summed E-state index contributed by atoms with van der Waals surface area (Å²) in [6.07, 6.45) is 1.50. The predicted molar refractivity (Wildman–Crippen MR) is 109 cm³/mol. The van der Waals surface area contributed by atoms with Gasteiger partial charge in [-0.05, 0) is 49.6 Å². The highest BCUT2D eigenvalue weighted by Crippen LogP contribution is 2.28. The summed E-state index contributed by atoms with van der Waals surface area (Å²) in [5.74, 6) is 1.19. The second-order valence-electron chi connectivity index (χ2n) is 7.40. The van der Waals surface area contributed by atoms with Crippen molar-refractivity contribution < 1.29 is 18.7 Å². The monoisotopic (exact) mass is 385 g/mol. The summed E-state index contributed by atoms with van der Waals surface area (Å²) in [4.78, 5) is 13.4. The van der Waals surface area contributed by atoms with Crippen LogP contribution in [0, 0.1) is 5.82 Å². The van der Waals surface area contributed by atoms with Crippen molar-refractivity contribution in [1.82, 2.24) is 0 Å². The first-order chi connectivity index (χ1) is 13.5. The zero-order valence-electron chi connectivity index (χ0n) is 16.8. The second kappa shape index (κ2) is 9.09. The molecule has 4 nitrogen and oxygen atoms in total. The summed E-state index contributed by atoms with van der Waals surface area (Å²) in [6.45, 7) is 7.51. The van der Waals surface area contributed by atoms with Gasteiger partial charge in [-0.1, -0.05) is 19.1 Å². The first-order valence-electron chi connectivity index (χ1n) is 9.89. The zero-order valence-corrected chi connectivity index (χ0v) is 16.8. The number of nitrogens with zero attached hydrogens (tertiary/aromatic N) is 1. The maximum Gasteiger partial charge on any atom is 0.167 e. The van der Waals surface area contributed by atoms with Crippen molar-refractivity contribution in [3.05, 3.63) is 53.8 Å². The molecular formula is C23H28FNO3. The third kappa shape index (κ3) is 5.03. The van der Waals surface area contributed by atoms with E-state index in [0.29, 0.717) is 13.0 Å². The third-order valence-electron chi connectivity index (χ3n) is 5.07. The van der Waals surface area contributed by atoms with Crippen LogP contribution in [0.3, 0.4) is 0 Å². The van der Waals surface area contributed by atoms with Gasteiger partial charge in [0.15, 0.2) is 11.6 Å². The lowest BCUT2D eigenvalue weighted by molar-refractivity contribution is -0.117. The SMILES string of the molecule is CCOc1ccc(N2CCC(Oc3ccc([C@H](C)CC(C)=O)cc3)C2)cc1F. The van der Waals surface area contributed by atoms with Crippen molar-refractivity contribution in [3.8, 4) is 11.5 Å². The molecule has 1 fully saturated rings. The molecule has 2 aromatic rings. The van der Waals surface area contributed by atoms with Gasteiger partial charge in [0, 0.05) is 31.1 Å². The van der Waals surface area contributed by atoms with Crippen LogP contribution in [0.25, 0.3) is 0 Å². The Balaban J connectivity index is 1.57. The van der Waals surface area contributed by atoms with E-state index in [1.54, 1.807) is 13.0 Å². The standard InChI is InChI=1S/C23H28FNO3/c1-4-27-23-10-7-19(14-22(23)24)25-12-11-21(15-25)28-20-8-5-18(6-9-20)16(2)13-17(3)26/h5-10,14,16,21H,4,11-13,15H2,1-3H3/t16-,21?/m1/s1. The van der Waals surface area contributed by atoms with Crippen LogP contribution in [0.15, 0.2) is 42.5 Å². The van der Waals surface area contributed by atoms with Gasteiger partial charge in [0.2, 0.25) is 0 Å². The molecule has 1 saturated heterocycles. The van der Waals surface area contributed by atoms with E-state index >= 15 is 0 Å². The van der Waals surface area contributed by atoms with Crippen LogP contribution in [-0.2, 0) is 4.79 Å². The van der Waals surface area contributed by atoms with Crippen LogP contribution in [-0.4, -0.2) is 31.6 Å². The van der Waals surface area contributed by atoms with Crippen LogP contribution in [0.5, 0.6) is 11.5 Å². The van der Waals surface area contributed by atoms with Gasteiger partial charge in [0.05, 0.1) is 13.2 Å². The van der Waals surface area contributed by atoms with Gasteiger partial charge in [-0.25, -0.2) is 4.39 Å². The van der Waals surface area contributed by atoms with Gasteiger partial charge in [-0.2, -0.15) is 0 Å². The highest BCUT2D eigenvalue weighted by Gasteiger charge is 2.25. The molecule has 1 heterocycles. The van der Waals surface area contributed by atoms with Crippen molar-refractivity contribution >= 4 is 11.5 Å². The van der Waals surface area contributed by atoms with Crippen molar-refractivity contribution in [2.75, 3.05) is 24.6 Å². The number of hydrogen-bond donors (Lipinski definition) is 0. The Morgan fingerprint density at radius 1 is 1.25 bits per heavy atom. The minimum atomic E-state index is -0.334. The lowest BCUT2D eigenvalue weighted by Crippen LogP contribution is -2.24. The third-order valence-corrected chi connectivity index (χ3v) is 5.07. The number of ketones is 1. The molecule has 0 bridgehead atoms. The van der Waals surface area contributed by atoms with Gasteiger partial charge in [-0.15, -0.1) is 0 Å². The number of carbonyl (C=O) groups is 1. The average molecular weight is 385 g/mol. The Bertz CT molecular complexity index is 806. The molecule has 0 amide bonds. The smallest absolute Gasteiger partial charge is 0.167 e. The number of anilines is 1. The molecule has 1 aliphatic heterocycles. The van der Waals surface area contributed by atoms with E-state index < -0.39 is 0 Å². The van der Waals surface area contributed by atoms with Crippen LogP contribution in [0.1, 0.15) is 45.1 Å². The zero-order chi connectivity index (χ0) is 20.1. The van der Waals surface area contributed by atoms with Crippen molar-refractivity contribution in [1.29, 1.82) is 0 Å². The number of ether oxygens (including phenoxy) is 2. The molecular weight excluding hydrogens is 357 g/mol. The number of benzene rings is 2. The van der Waals surface area contributed by atoms with E-state index in [0.717, 1.165) is 36.5 Å².